The zero-order valence-electron chi connectivity index (χ0n) is 9.72. The van der Waals surface area contributed by atoms with E-state index in [1.165, 1.54) is 6.07 Å². The lowest BCUT2D eigenvalue weighted by Crippen LogP contribution is -2.29. The van der Waals surface area contributed by atoms with Gasteiger partial charge in [-0.1, -0.05) is 19.1 Å². The van der Waals surface area contributed by atoms with Crippen LogP contribution in [0.3, 0.4) is 0 Å². The van der Waals surface area contributed by atoms with Crippen molar-refractivity contribution >= 4 is 11.9 Å². The molecule has 0 aliphatic carbocycles. The largest absolute Gasteiger partial charge is 0.478 e. The van der Waals surface area contributed by atoms with Crippen molar-refractivity contribution in [2.45, 2.75) is 13.3 Å². The van der Waals surface area contributed by atoms with Crippen molar-refractivity contribution in [3.05, 3.63) is 35.4 Å². The molecular formula is C13H15NO3. The Bertz CT molecular complexity index is 456. The van der Waals surface area contributed by atoms with Crippen LogP contribution in [0.5, 0.6) is 0 Å². The van der Waals surface area contributed by atoms with Crippen molar-refractivity contribution in [3.63, 3.8) is 0 Å². The fourth-order valence-electron chi connectivity index (χ4n) is 2.15. The second-order valence-corrected chi connectivity index (χ2v) is 4.50. The predicted molar refractivity (Wildman–Crippen MR) is 63.1 cm³/mol. The molecule has 1 fully saturated rings. The number of aromatic carboxylic acids is 1. The number of nitrogens with zero attached hydrogens (tertiary/aromatic N) is 1. The summed E-state index contributed by atoms with van der Waals surface area (Å²) in [6.07, 6.45) is 0.987. The van der Waals surface area contributed by atoms with Crippen LogP contribution in [0.1, 0.15) is 34.1 Å². The maximum atomic E-state index is 12.2. The first-order chi connectivity index (χ1) is 8.09. The molecule has 2 rings (SSSR count). The molecule has 0 bridgehead atoms. The third-order valence-electron chi connectivity index (χ3n) is 3.10. The molecule has 0 saturated carbocycles. The third kappa shape index (κ3) is 2.30. The van der Waals surface area contributed by atoms with Gasteiger partial charge in [-0.15, -0.1) is 0 Å². The van der Waals surface area contributed by atoms with Crippen molar-refractivity contribution in [2.75, 3.05) is 13.1 Å². The van der Waals surface area contributed by atoms with E-state index in [4.69, 9.17) is 5.11 Å². The van der Waals surface area contributed by atoms with Crippen molar-refractivity contribution in [2.24, 2.45) is 5.92 Å². The summed E-state index contributed by atoms with van der Waals surface area (Å²) in [6, 6.07) is 6.37. The molecule has 4 heteroatoms. The van der Waals surface area contributed by atoms with Crippen molar-refractivity contribution in [1.82, 2.24) is 4.90 Å². The minimum Gasteiger partial charge on any atom is -0.478 e. The number of carboxylic acids is 1. The molecule has 1 N–H and O–H groups in total. The van der Waals surface area contributed by atoms with Gasteiger partial charge in [0.15, 0.2) is 0 Å². The standard InChI is InChI=1S/C13H15NO3/c1-9-6-7-14(8-9)12(15)10-4-2-3-5-11(10)13(16)17/h2-5,9H,6-8H2,1H3,(H,16,17). The van der Waals surface area contributed by atoms with Gasteiger partial charge in [-0.2, -0.15) is 0 Å². The summed E-state index contributed by atoms with van der Waals surface area (Å²) >= 11 is 0. The third-order valence-corrected chi connectivity index (χ3v) is 3.10. The van der Waals surface area contributed by atoms with Crippen LogP contribution in [-0.2, 0) is 0 Å². The fraction of sp³-hybridized carbons (Fsp3) is 0.385. The van der Waals surface area contributed by atoms with E-state index in [9.17, 15) is 9.59 Å². The van der Waals surface area contributed by atoms with Crippen LogP contribution in [0.4, 0.5) is 0 Å². The zero-order chi connectivity index (χ0) is 12.4. The molecule has 1 aromatic rings. The van der Waals surface area contributed by atoms with Crippen LogP contribution < -0.4 is 0 Å². The van der Waals surface area contributed by atoms with E-state index < -0.39 is 5.97 Å². The summed E-state index contributed by atoms with van der Waals surface area (Å²) in [6.45, 7) is 3.52. The van der Waals surface area contributed by atoms with Gasteiger partial charge in [0.2, 0.25) is 0 Å². The Kier molecular flexibility index (Phi) is 3.13. The molecule has 1 atom stereocenters. The Morgan fingerprint density at radius 2 is 1.94 bits per heavy atom. The predicted octanol–water partition coefficient (Wildman–Crippen LogP) is 1.87. The van der Waals surface area contributed by atoms with Gasteiger partial charge in [0.1, 0.15) is 0 Å². The highest BCUT2D eigenvalue weighted by atomic mass is 16.4. The number of carbonyl (C=O) groups is 2. The topological polar surface area (TPSA) is 57.6 Å². The molecule has 17 heavy (non-hydrogen) atoms. The highest BCUT2D eigenvalue weighted by Crippen LogP contribution is 2.19. The van der Waals surface area contributed by atoms with E-state index in [-0.39, 0.29) is 17.0 Å². The van der Waals surface area contributed by atoms with Gasteiger partial charge in [0, 0.05) is 13.1 Å². The molecule has 0 radical (unpaired) electrons. The lowest BCUT2D eigenvalue weighted by Gasteiger charge is -2.16. The van der Waals surface area contributed by atoms with Crippen LogP contribution in [0, 0.1) is 5.92 Å². The fourth-order valence-corrected chi connectivity index (χ4v) is 2.15. The highest BCUT2D eigenvalue weighted by molar-refractivity contribution is 6.04. The summed E-state index contributed by atoms with van der Waals surface area (Å²) in [5.41, 5.74) is 0.367. The van der Waals surface area contributed by atoms with Gasteiger partial charge in [0.05, 0.1) is 11.1 Å². The Morgan fingerprint density at radius 3 is 2.47 bits per heavy atom. The molecule has 1 saturated heterocycles. The van der Waals surface area contributed by atoms with E-state index in [0.717, 1.165) is 6.42 Å². The summed E-state index contributed by atoms with van der Waals surface area (Å²) in [7, 11) is 0. The Labute approximate surface area is 99.9 Å². The number of carboxylic acid groups (broad SMARTS) is 1. The van der Waals surface area contributed by atoms with E-state index in [2.05, 4.69) is 6.92 Å². The second-order valence-electron chi connectivity index (χ2n) is 4.50. The van der Waals surface area contributed by atoms with Gasteiger partial charge < -0.3 is 10.0 Å². The first kappa shape index (κ1) is 11.6. The molecule has 1 aliphatic rings. The molecule has 1 heterocycles. The van der Waals surface area contributed by atoms with Crippen LogP contribution in [0.25, 0.3) is 0 Å². The molecule has 1 aromatic carbocycles. The average Bonchev–Trinajstić information content (AvgIpc) is 2.75. The summed E-state index contributed by atoms with van der Waals surface area (Å²) < 4.78 is 0. The second kappa shape index (κ2) is 4.57. The average molecular weight is 233 g/mol. The van der Waals surface area contributed by atoms with Gasteiger partial charge in [0.25, 0.3) is 5.91 Å². The summed E-state index contributed by atoms with van der Waals surface area (Å²) in [5, 5.41) is 9.04. The van der Waals surface area contributed by atoms with Gasteiger partial charge in [-0.3, -0.25) is 4.79 Å². The van der Waals surface area contributed by atoms with Crippen LogP contribution in [0.15, 0.2) is 24.3 Å². The number of hydrogen-bond acceptors (Lipinski definition) is 2. The minimum atomic E-state index is -1.05. The molecule has 1 aliphatic heterocycles. The Morgan fingerprint density at radius 1 is 1.29 bits per heavy atom. The van der Waals surface area contributed by atoms with Gasteiger partial charge >= 0.3 is 5.97 Å². The molecule has 0 spiro atoms. The lowest BCUT2D eigenvalue weighted by molar-refractivity contribution is 0.0680. The first-order valence-corrected chi connectivity index (χ1v) is 5.71. The zero-order valence-corrected chi connectivity index (χ0v) is 9.72. The van der Waals surface area contributed by atoms with Crippen LogP contribution in [0.2, 0.25) is 0 Å². The molecule has 4 nitrogen and oxygen atoms in total. The number of benzene rings is 1. The lowest BCUT2D eigenvalue weighted by atomic mass is 10.1. The minimum absolute atomic E-state index is 0.0806. The van der Waals surface area contributed by atoms with Gasteiger partial charge in [-0.25, -0.2) is 4.79 Å². The van der Waals surface area contributed by atoms with E-state index >= 15 is 0 Å². The molecule has 0 aromatic heterocycles. The number of carbonyl (C=O) groups excluding carboxylic acids is 1. The van der Waals surface area contributed by atoms with Crippen LogP contribution in [-0.4, -0.2) is 35.0 Å². The smallest absolute Gasteiger partial charge is 0.336 e. The monoisotopic (exact) mass is 233 g/mol. The van der Waals surface area contributed by atoms with E-state index in [1.54, 1.807) is 23.1 Å². The van der Waals surface area contributed by atoms with E-state index in [1.807, 2.05) is 0 Å². The molecular weight excluding hydrogens is 218 g/mol. The summed E-state index contributed by atoms with van der Waals surface area (Å²) in [4.78, 5) is 24.9. The summed E-state index contributed by atoms with van der Waals surface area (Å²) in [5.74, 6) is -0.732. The van der Waals surface area contributed by atoms with E-state index in [0.29, 0.717) is 19.0 Å². The number of amides is 1. The normalized spacial score (nSPS) is 19.4. The van der Waals surface area contributed by atoms with Crippen LogP contribution >= 0.6 is 0 Å². The van der Waals surface area contributed by atoms with Crippen molar-refractivity contribution < 1.29 is 14.7 Å². The van der Waals surface area contributed by atoms with Crippen molar-refractivity contribution in [3.8, 4) is 0 Å². The Balaban J connectivity index is 2.28. The SMILES string of the molecule is CC1CCN(C(=O)c2ccccc2C(=O)O)C1. The molecule has 1 unspecified atom stereocenters. The quantitative estimate of drug-likeness (QED) is 0.848. The maximum absolute atomic E-state index is 12.2. The number of likely N-dealkylation sites (tertiary alicyclic amines) is 1. The van der Waals surface area contributed by atoms with Crippen molar-refractivity contribution in [1.29, 1.82) is 0 Å². The maximum Gasteiger partial charge on any atom is 0.336 e. The highest BCUT2D eigenvalue weighted by Gasteiger charge is 2.26. The Hall–Kier alpha value is -1.84. The first-order valence-electron chi connectivity index (χ1n) is 5.71. The number of rotatable bonds is 2. The number of hydrogen-bond donors (Lipinski definition) is 1. The van der Waals surface area contributed by atoms with Gasteiger partial charge in [-0.05, 0) is 24.5 Å². The molecule has 1 amide bonds. The molecule has 90 valence electrons.